The third-order valence-electron chi connectivity index (χ3n) is 3.19. The molecule has 1 fully saturated rings. The van der Waals surface area contributed by atoms with Gasteiger partial charge >= 0.3 is 0 Å². The van der Waals surface area contributed by atoms with Gasteiger partial charge in [0.15, 0.2) is 0 Å². The third kappa shape index (κ3) is 2.55. The maximum atomic E-state index is 12.5. The lowest BCUT2D eigenvalue weighted by Gasteiger charge is -2.20. The second-order valence-corrected chi connectivity index (χ2v) is 6.33. The van der Waals surface area contributed by atoms with E-state index in [1.54, 1.807) is 18.2 Å². The first kappa shape index (κ1) is 13.1. The normalized spacial score (nSPS) is 17.9. The van der Waals surface area contributed by atoms with Crippen LogP contribution >= 0.6 is 0 Å². The van der Waals surface area contributed by atoms with Gasteiger partial charge in [-0.3, -0.25) is 0 Å². The lowest BCUT2D eigenvalue weighted by Crippen LogP contribution is -2.32. The summed E-state index contributed by atoms with van der Waals surface area (Å²) in [5, 5.41) is 9.00. The molecule has 4 nitrogen and oxygen atoms in total. The molecule has 0 aromatic heterocycles. The van der Waals surface area contributed by atoms with Crippen molar-refractivity contribution in [3.63, 3.8) is 0 Å². The van der Waals surface area contributed by atoms with Crippen LogP contribution < -0.4 is 0 Å². The van der Waals surface area contributed by atoms with Crippen molar-refractivity contribution >= 4 is 10.0 Å². The Labute approximate surface area is 108 Å². The Morgan fingerprint density at radius 2 is 1.67 bits per heavy atom. The molecule has 0 spiro atoms. The summed E-state index contributed by atoms with van der Waals surface area (Å²) in [4.78, 5) is 0.134. The summed E-state index contributed by atoms with van der Waals surface area (Å²) in [5.41, 5.74) is 0.224. The van der Waals surface area contributed by atoms with Crippen LogP contribution in [-0.4, -0.2) is 25.8 Å². The summed E-state index contributed by atoms with van der Waals surface area (Å²) in [7, 11) is -3.52. The van der Waals surface area contributed by atoms with Gasteiger partial charge in [0, 0.05) is 13.1 Å². The van der Waals surface area contributed by atoms with E-state index in [0.29, 0.717) is 13.1 Å². The molecule has 5 heteroatoms. The van der Waals surface area contributed by atoms with Crippen LogP contribution in [0.15, 0.2) is 29.2 Å². The van der Waals surface area contributed by atoms with Crippen molar-refractivity contribution in [3.8, 4) is 6.07 Å². The number of sulfonamides is 1. The summed E-state index contributed by atoms with van der Waals surface area (Å²) in [6, 6.07) is 8.35. The maximum Gasteiger partial charge on any atom is 0.244 e. The van der Waals surface area contributed by atoms with Gasteiger partial charge < -0.3 is 0 Å². The topological polar surface area (TPSA) is 61.2 Å². The molecule has 1 aromatic rings. The molecule has 0 amide bonds. The Bertz CT molecular complexity index is 553. The molecular formula is C13H16N2O2S. The van der Waals surface area contributed by atoms with E-state index >= 15 is 0 Å². The molecule has 1 heterocycles. The second kappa shape index (κ2) is 5.51. The number of benzene rings is 1. The Morgan fingerprint density at radius 1 is 1.06 bits per heavy atom. The molecule has 0 aliphatic carbocycles. The van der Waals surface area contributed by atoms with Crippen LogP contribution in [0.25, 0.3) is 0 Å². The highest BCUT2D eigenvalue weighted by atomic mass is 32.2. The van der Waals surface area contributed by atoms with E-state index in [2.05, 4.69) is 0 Å². The second-order valence-electron chi connectivity index (χ2n) is 4.43. The molecule has 0 saturated carbocycles. The van der Waals surface area contributed by atoms with Crippen LogP contribution in [0.1, 0.15) is 31.2 Å². The first-order chi connectivity index (χ1) is 8.66. The third-order valence-corrected chi connectivity index (χ3v) is 5.15. The zero-order chi connectivity index (χ0) is 13.0. The quantitative estimate of drug-likeness (QED) is 0.822. The van der Waals surface area contributed by atoms with E-state index < -0.39 is 10.0 Å². The fraction of sp³-hybridized carbons (Fsp3) is 0.462. The highest BCUT2D eigenvalue weighted by Gasteiger charge is 2.27. The average molecular weight is 264 g/mol. The summed E-state index contributed by atoms with van der Waals surface area (Å²) in [6.07, 6.45) is 3.94. The Kier molecular flexibility index (Phi) is 4.00. The Hall–Kier alpha value is -1.38. The van der Waals surface area contributed by atoms with E-state index in [9.17, 15) is 8.42 Å². The van der Waals surface area contributed by atoms with Crippen molar-refractivity contribution in [2.24, 2.45) is 0 Å². The molecule has 0 radical (unpaired) electrons. The van der Waals surface area contributed by atoms with Crippen molar-refractivity contribution in [1.29, 1.82) is 5.26 Å². The smallest absolute Gasteiger partial charge is 0.207 e. The Balaban J connectivity index is 2.38. The standard InChI is InChI=1S/C13H16N2O2S/c14-11-12-7-3-4-8-13(12)18(16,17)15-9-5-1-2-6-10-15/h3-4,7-8H,1-2,5-6,9-10H2. The van der Waals surface area contributed by atoms with Crippen molar-refractivity contribution in [3.05, 3.63) is 29.8 Å². The van der Waals surface area contributed by atoms with Crippen LogP contribution in [0.3, 0.4) is 0 Å². The van der Waals surface area contributed by atoms with Gasteiger partial charge in [0.2, 0.25) is 10.0 Å². The van der Waals surface area contributed by atoms with E-state index in [4.69, 9.17) is 5.26 Å². The monoisotopic (exact) mass is 264 g/mol. The molecule has 0 bridgehead atoms. The number of nitriles is 1. The fourth-order valence-electron chi connectivity index (χ4n) is 2.21. The van der Waals surface area contributed by atoms with Crippen LogP contribution in [-0.2, 0) is 10.0 Å². The van der Waals surface area contributed by atoms with Gasteiger partial charge in [0.1, 0.15) is 6.07 Å². The lowest BCUT2D eigenvalue weighted by molar-refractivity contribution is 0.423. The highest BCUT2D eigenvalue weighted by molar-refractivity contribution is 7.89. The molecule has 0 atom stereocenters. The molecule has 1 saturated heterocycles. The average Bonchev–Trinajstić information content (AvgIpc) is 2.68. The van der Waals surface area contributed by atoms with Gasteiger partial charge in [-0.2, -0.15) is 9.57 Å². The molecule has 96 valence electrons. The molecule has 18 heavy (non-hydrogen) atoms. The fourth-order valence-corrected chi connectivity index (χ4v) is 3.86. The van der Waals surface area contributed by atoms with Crippen molar-refractivity contribution in [1.82, 2.24) is 4.31 Å². The summed E-state index contributed by atoms with van der Waals surface area (Å²) in [5.74, 6) is 0. The van der Waals surface area contributed by atoms with Gasteiger partial charge in [-0.1, -0.05) is 25.0 Å². The van der Waals surface area contributed by atoms with Gasteiger partial charge in [0.25, 0.3) is 0 Å². The first-order valence-electron chi connectivity index (χ1n) is 6.15. The van der Waals surface area contributed by atoms with E-state index in [0.717, 1.165) is 25.7 Å². The van der Waals surface area contributed by atoms with E-state index in [1.165, 1.54) is 10.4 Å². The van der Waals surface area contributed by atoms with Gasteiger partial charge in [-0.05, 0) is 25.0 Å². The molecule has 1 aromatic carbocycles. The van der Waals surface area contributed by atoms with Crippen molar-refractivity contribution in [2.45, 2.75) is 30.6 Å². The predicted molar refractivity (Wildman–Crippen MR) is 68.4 cm³/mol. The van der Waals surface area contributed by atoms with E-state index in [1.807, 2.05) is 6.07 Å². The number of hydrogen-bond donors (Lipinski definition) is 0. The lowest BCUT2D eigenvalue weighted by atomic mass is 10.2. The van der Waals surface area contributed by atoms with Crippen LogP contribution in [0.2, 0.25) is 0 Å². The Morgan fingerprint density at radius 3 is 2.28 bits per heavy atom. The zero-order valence-corrected chi connectivity index (χ0v) is 11.0. The first-order valence-corrected chi connectivity index (χ1v) is 7.59. The van der Waals surface area contributed by atoms with Gasteiger partial charge in [-0.25, -0.2) is 8.42 Å². The zero-order valence-electron chi connectivity index (χ0n) is 10.2. The molecular weight excluding hydrogens is 248 g/mol. The summed E-state index contributed by atoms with van der Waals surface area (Å²) in [6.45, 7) is 1.12. The highest BCUT2D eigenvalue weighted by Crippen LogP contribution is 2.22. The molecule has 0 unspecified atom stereocenters. The van der Waals surface area contributed by atoms with Gasteiger partial charge in [0.05, 0.1) is 10.5 Å². The minimum Gasteiger partial charge on any atom is -0.207 e. The minimum atomic E-state index is -3.52. The van der Waals surface area contributed by atoms with Crippen LogP contribution in [0, 0.1) is 11.3 Å². The molecule has 1 aliphatic heterocycles. The summed E-state index contributed by atoms with van der Waals surface area (Å²) < 4.78 is 26.5. The van der Waals surface area contributed by atoms with Crippen LogP contribution in [0.5, 0.6) is 0 Å². The molecule has 2 rings (SSSR count). The SMILES string of the molecule is N#Cc1ccccc1S(=O)(=O)N1CCCCCC1. The predicted octanol–water partition coefficient (Wildman–Crippen LogP) is 2.12. The van der Waals surface area contributed by atoms with E-state index in [-0.39, 0.29) is 10.5 Å². The van der Waals surface area contributed by atoms with Crippen molar-refractivity contribution in [2.75, 3.05) is 13.1 Å². The van der Waals surface area contributed by atoms with Crippen molar-refractivity contribution < 1.29 is 8.42 Å². The van der Waals surface area contributed by atoms with Crippen LogP contribution in [0.4, 0.5) is 0 Å². The summed E-state index contributed by atoms with van der Waals surface area (Å²) >= 11 is 0. The largest absolute Gasteiger partial charge is 0.244 e. The molecule has 0 N–H and O–H groups in total. The number of nitrogens with zero attached hydrogens (tertiary/aromatic N) is 2. The number of hydrogen-bond acceptors (Lipinski definition) is 3. The van der Waals surface area contributed by atoms with Gasteiger partial charge in [-0.15, -0.1) is 0 Å². The number of rotatable bonds is 2. The minimum absolute atomic E-state index is 0.134. The maximum absolute atomic E-state index is 12.5. The molecule has 1 aliphatic rings.